The summed E-state index contributed by atoms with van der Waals surface area (Å²) in [6.45, 7) is -0.152. The Hall–Kier alpha value is -2.20. The molecule has 1 aromatic heterocycles. The van der Waals surface area contributed by atoms with Crippen LogP contribution in [0.25, 0.3) is 10.9 Å². The normalized spacial score (nSPS) is 20.6. The number of likely N-dealkylation sites (tertiary alicyclic amines) is 1. The summed E-state index contributed by atoms with van der Waals surface area (Å²) in [4.78, 5) is 16.1. The van der Waals surface area contributed by atoms with E-state index in [4.69, 9.17) is 17.3 Å². The lowest BCUT2D eigenvalue weighted by Gasteiger charge is -2.37. The number of nitrogens with zero attached hydrogens (tertiary/aromatic N) is 2. The minimum absolute atomic E-state index is 0.0436. The van der Waals surface area contributed by atoms with Gasteiger partial charge in [0, 0.05) is 41.3 Å². The highest BCUT2D eigenvalue weighted by molar-refractivity contribution is 6.31. The zero-order valence-corrected chi connectivity index (χ0v) is 15.1. The van der Waals surface area contributed by atoms with Crippen molar-refractivity contribution in [2.24, 2.45) is 5.73 Å². The fraction of sp³-hybridized carbons (Fsp3) is 0.412. The third-order valence-electron chi connectivity index (χ3n) is 4.40. The van der Waals surface area contributed by atoms with Gasteiger partial charge in [-0.15, -0.1) is 0 Å². The molecule has 3 rings (SSSR count). The topological polar surface area (TPSA) is 71.2 Å². The highest BCUT2D eigenvalue weighted by Crippen LogP contribution is 2.34. The van der Waals surface area contributed by atoms with Crippen molar-refractivity contribution in [2.45, 2.75) is 31.1 Å². The van der Waals surface area contributed by atoms with Crippen LogP contribution in [0.4, 0.5) is 27.6 Å². The van der Waals surface area contributed by atoms with Gasteiger partial charge in [0.2, 0.25) is 0 Å². The average molecular weight is 423 g/mol. The van der Waals surface area contributed by atoms with Gasteiger partial charge in [-0.1, -0.05) is 11.6 Å². The molecule has 5 nitrogen and oxygen atoms in total. The first-order valence-electron chi connectivity index (χ1n) is 8.31. The first-order valence-corrected chi connectivity index (χ1v) is 8.69. The van der Waals surface area contributed by atoms with Gasteiger partial charge in [-0.25, -0.2) is 4.98 Å². The fourth-order valence-electron chi connectivity index (χ4n) is 3.24. The highest BCUT2D eigenvalue weighted by atomic mass is 35.5. The lowest BCUT2D eigenvalue weighted by molar-refractivity contribution is -0.144. The smallest absolute Gasteiger partial charge is 0.380 e. The molecule has 2 heterocycles. The molecule has 28 heavy (non-hydrogen) atoms. The van der Waals surface area contributed by atoms with Crippen molar-refractivity contribution in [3.05, 3.63) is 35.0 Å². The Bertz CT molecular complexity index is 892. The van der Waals surface area contributed by atoms with Crippen molar-refractivity contribution >= 4 is 34.1 Å². The number of aromatic nitrogens is 1. The van der Waals surface area contributed by atoms with E-state index in [2.05, 4.69) is 10.3 Å². The first-order chi connectivity index (χ1) is 13.0. The molecule has 0 radical (unpaired) electrons. The number of anilines is 1. The van der Waals surface area contributed by atoms with E-state index in [9.17, 15) is 26.7 Å². The zero-order chi connectivity index (χ0) is 20.6. The van der Waals surface area contributed by atoms with E-state index in [1.54, 1.807) is 0 Å². The van der Waals surface area contributed by atoms with Crippen LogP contribution in [-0.2, 0) is 11.0 Å². The zero-order valence-electron chi connectivity index (χ0n) is 14.3. The molecule has 2 aromatic rings. The van der Waals surface area contributed by atoms with Crippen molar-refractivity contribution in [2.75, 3.05) is 18.4 Å². The molecule has 0 unspecified atom stereocenters. The van der Waals surface area contributed by atoms with E-state index in [-0.39, 0.29) is 24.3 Å². The molecular weight excluding hydrogens is 407 g/mol. The molecule has 0 spiro atoms. The van der Waals surface area contributed by atoms with E-state index in [0.29, 0.717) is 16.8 Å². The van der Waals surface area contributed by atoms with Gasteiger partial charge >= 0.3 is 12.6 Å². The molecule has 2 atom stereocenters. The molecule has 3 N–H and O–H groups in total. The largest absolute Gasteiger partial charge is 0.433 e. The molecule has 11 heteroatoms. The minimum Gasteiger partial charge on any atom is -0.380 e. The van der Waals surface area contributed by atoms with Crippen LogP contribution >= 0.6 is 11.6 Å². The second kappa shape index (κ2) is 7.67. The number of alkyl halides is 5. The standard InChI is InChI=1S/C17H16ClF5N4O/c18-8-1-2-12-11(3-8)13(5-14(26-12)17(21,22)23)25-10-4-9(24)6-27(7-10)16(28)15(19)20/h1-3,5,9-10,15H,4,6-7,24H2,(H,25,26)/t9-,10+/m0/s1. The predicted octanol–water partition coefficient (Wildman–Crippen LogP) is 3.51. The van der Waals surface area contributed by atoms with E-state index < -0.39 is 36.3 Å². The monoisotopic (exact) mass is 422 g/mol. The average Bonchev–Trinajstić information content (AvgIpc) is 2.59. The molecule has 1 aromatic carbocycles. The molecule has 1 aliphatic heterocycles. The first kappa shape index (κ1) is 20.5. The van der Waals surface area contributed by atoms with Crippen molar-refractivity contribution in [1.29, 1.82) is 0 Å². The predicted molar refractivity (Wildman–Crippen MR) is 94.3 cm³/mol. The molecule has 1 fully saturated rings. The lowest BCUT2D eigenvalue weighted by Crippen LogP contribution is -2.54. The van der Waals surface area contributed by atoms with E-state index in [1.165, 1.54) is 18.2 Å². The fourth-order valence-corrected chi connectivity index (χ4v) is 3.42. The number of pyridine rings is 1. The maximum absolute atomic E-state index is 13.2. The van der Waals surface area contributed by atoms with Crippen LogP contribution in [-0.4, -0.2) is 47.4 Å². The maximum Gasteiger partial charge on any atom is 0.433 e. The molecule has 0 bridgehead atoms. The number of nitrogens with two attached hydrogens (primary N) is 1. The highest BCUT2D eigenvalue weighted by Gasteiger charge is 2.35. The van der Waals surface area contributed by atoms with Gasteiger partial charge in [-0.2, -0.15) is 22.0 Å². The molecular formula is C17H16ClF5N4O. The number of carbonyl (C=O) groups excluding carboxylic acids is 1. The van der Waals surface area contributed by atoms with Crippen molar-refractivity contribution in [3.63, 3.8) is 0 Å². The van der Waals surface area contributed by atoms with E-state index in [1.807, 2.05) is 0 Å². The molecule has 1 amide bonds. The van der Waals surface area contributed by atoms with Gasteiger partial charge in [0.15, 0.2) is 0 Å². The van der Waals surface area contributed by atoms with Crippen LogP contribution < -0.4 is 11.1 Å². The number of fused-ring (bicyclic) bond motifs is 1. The van der Waals surface area contributed by atoms with Crippen molar-refractivity contribution in [3.8, 4) is 0 Å². The molecule has 0 aliphatic carbocycles. The van der Waals surface area contributed by atoms with Crippen LogP contribution in [0.15, 0.2) is 24.3 Å². The number of hydrogen-bond donors (Lipinski definition) is 2. The van der Waals surface area contributed by atoms with E-state index >= 15 is 0 Å². The van der Waals surface area contributed by atoms with Gasteiger partial charge in [0.1, 0.15) is 5.69 Å². The van der Waals surface area contributed by atoms with Gasteiger partial charge in [0.25, 0.3) is 5.91 Å². The third kappa shape index (κ3) is 4.44. The second-order valence-electron chi connectivity index (χ2n) is 6.60. The number of halogens is 6. The van der Waals surface area contributed by atoms with Crippen molar-refractivity contribution in [1.82, 2.24) is 9.88 Å². The van der Waals surface area contributed by atoms with Gasteiger partial charge in [-0.05, 0) is 30.7 Å². The third-order valence-corrected chi connectivity index (χ3v) is 4.64. The molecule has 1 aliphatic rings. The summed E-state index contributed by atoms with van der Waals surface area (Å²) in [6, 6.07) is 3.86. The lowest BCUT2D eigenvalue weighted by atomic mass is 10.0. The summed E-state index contributed by atoms with van der Waals surface area (Å²) >= 11 is 5.95. The number of nitrogens with one attached hydrogen (secondary N) is 1. The maximum atomic E-state index is 13.2. The minimum atomic E-state index is -4.68. The number of piperidine rings is 1. The molecule has 1 saturated heterocycles. The van der Waals surface area contributed by atoms with Gasteiger partial charge in [-0.3, -0.25) is 4.79 Å². The summed E-state index contributed by atoms with van der Waals surface area (Å²) in [6.07, 6.45) is -7.56. The second-order valence-corrected chi connectivity index (χ2v) is 7.03. The number of benzene rings is 1. The molecule has 0 saturated carbocycles. The summed E-state index contributed by atoms with van der Waals surface area (Å²) < 4.78 is 65.1. The van der Waals surface area contributed by atoms with E-state index in [0.717, 1.165) is 11.0 Å². The van der Waals surface area contributed by atoms with Crippen LogP contribution in [0.5, 0.6) is 0 Å². The Balaban J connectivity index is 1.96. The van der Waals surface area contributed by atoms with Gasteiger partial charge in [0.05, 0.1) is 5.52 Å². The van der Waals surface area contributed by atoms with Crippen LogP contribution in [0.1, 0.15) is 12.1 Å². The quantitative estimate of drug-likeness (QED) is 0.743. The molecule has 152 valence electrons. The number of amides is 1. The van der Waals surface area contributed by atoms with Crippen LogP contribution in [0, 0.1) is 0 Å². The summed E-state index contributed by atoms with van der Waals surface area (Å²) in [5.41, 5.74) is 4.90. The summed E-state index contributed by atoms with van der Waals surface area (Å²) in [5.74, 6) is -1.36. The Morgan fingerprint density at radius 2 is 2.00 bits per heavy atom. The summed E-state index contributed by atoms with van der Waals surface area (Å²) in [5, 5.41) is 3.54. The van der Waals surface area contributed by atoms with Crippen LogP contribution in [0.3, 0.4) is 0 Å². The Morgan fingerprint density at radius 3 is 2.64 bits per heavy atom. The number of rotatable bonds is 3. The Morgan fingerprint density at radius 1 is 1.29 bits per heavy atom. The number of carbonyl (C=O) groups is 1. The summed E-state index contributed by atoms with van der Waals surface area (Å²) in [7, 11) is 0. The van der Waals surface area contributed by atoms with Crippen LogP contribution in [0.2, 0.25) is 5.02 Å². The van der Waals surface area contributed by atoms with Gasteiger partial charge < -0.3 is 16.0 Å². The Kier molecular flexibility index (Phi) is 5.62. The Labute approximate surface area is 161 Å². The SMILES string of the molecule is N[C@H]1C[C@@H](Nc2cc(C(F)(F)F)nc3ccc(Cl)cc23)CN(C(=O)C(F)F)C1. The number of hydrogen-bond acceptors (Lipinski definition) is 4. The van der Waals surface area contributed by atoms with Crippen molar-refractivity contribution < 1.29 is 26.7 Å².